The average Bonchev–Trinajstić information content (AvgIpc) is 2.92. The molecule has 206 valence electrons. The van der Waals surface area contributed by atoms with E-state index in [1.165, 1.54) is 36.7 Å². The monoisotopic (exact) mass is 562 g/mol. The van der Waals surface area contributed by atoms with Crippen molar-refractivity contribution < 1.29 is 27.8 Å². The highest BCUT2D eigenvalue weighted by Gasteiger charge is 2.13. The van der Waals surface area contributed by atoms with Crippen LogP contribution in [0.3, 0.4) is 0 Å². The van der Waals surface area contributed by atoms with Gasteiger partial charge in [0, 0.05) is 35.8 Å². The Hall–Kier alpha value is -4.69. The summed E-state index contributed by atoms with van der Waals surface area (Å²) in [6, 6.07) is 12.2. The number of carbonyl (C=O) groups excluding carboxylic acids is 4. The molecule has 3 aromatic rings. The average molecular weight is 563 g/mol. The Morgan fingerprint density at radius 1 is 1.10 bits per heavy atom. The molecule has 3 rings (SSSR count). The third-order valence-electron chi connectivity index (χ3n) is 5.61. The zero-order chi connectivity index (χ0) is 29.3. The Labute approximate surface area is 231 Å². The summed E-state index contributed by atoms with van der Waals surface area (Å²) in [5.74, 6) is 3.48. The number of nitrogens with two attached hydrogens (primary N) is 1. The van der Waals surface area contributed by atoms with E-state index in [1.807, 2.05) is 0 Å². The Bertz CT molecular complexity index is 1670. The zero-order valence-corrected chi connectivity index (χ0v) is 22.7. The van der Waals surface area contributed by atoms with Crippen molar-refractivity contribution in [1.82, 2.24) is 4.98 Å². The first kappa shape index (κ1) is 29.9. The van der Waals surface area contributed by atoms with Crippen LogP contribution in [-0.4, -0.2) is 45.1 Å². The van der Waals surface area contributed by atoms with Gasteiger partial charge in [-0.3, -0.25) is 19.2 Å². The van der Waals surface area contributed by atoms with E-state index in [9.17, 15) is 27.8 Å². The molecule has 9 nitrogen and oxygen atoms in total. The highest BCUT2D eigenvalue weighted by atomic mass is 32.2. The van der Waals surface area contributed by atoms with Crippen LogP contribution in [0.4, 0.5) is 15.9 Å². The van der Waals surface area contributed by atoms with Crippen LogP contribution in [-0.2, 0) is 19.3 Å². The van der Waals surface area contributed by atoms with Crippen LogP contribution in [0.1, 0.15) is 56.7 Å². The number of anilines is 2. The summed E-state index contributed by atoms with van der Waals surface area (Å²) in [5.41, 5.74) is 7.77. The number of amides is 2. The summed E-state index contributed by atoms with van der Waals surface area (Å²) in [6.07, 6.45) is 3.57. The van der Waals surface area contributed by atoms with E-state index in [1.54, 1.807) is 31.2 Å². The molecule has 1 atom stereocenters. The lowest BCUT2D eigenvalue weighted by molar-refractivity contribution is -0.129. The number of pyridine rings is 1. The van der Waals surface area contributed by atoms with Gasteiger partial charge in [-0.05, 0) is 61.7 Å². The van der Waals surface area contributed by atoms with Gasteiger partial charge >= 0.3 is 0 Å². The second-order valence-corrected chi connectivity index (χ2v) is 11.5. The molecule has 11 heteroatoms. The molecular formula is C29H27FN4O5S. The molecule has 2 amide bonds. The van der Waals surface area contributed by atoms with Crippen molar-refractivity contribution >= 4 is 45.1 Å². The number of rotatable bonds is 9. The quantitative estimate of drug-likeness (QED) is 0.174. The SMILES string of the molecule is Cc1ccc(F)c(NC(=O)c2cccc(C#Cc3cc(C(=O)N=S(C)(=O)CCCCC(=O)C=O)cnc3N)c2)c1. The van der Waals surface area contributed by atoms with E-state index >= 15 is 0 Å². The van der Waals surface area contributed by atoms with Crippen LogP contribution in [0.5, 0.6) is 0 Å². The number of aldehydes is 1. The first-order valence-corrected chi connectivity index (χ1v) is 14.2. The van der Waals surface area contributed by atoms with Crippen LogP contribution in [0.2, 0.25) is 0 Å². The number of unbranched alkanes of at least 4 members (excludes halogenated alkanes) is 1. The van der Waals surface area contributed by atoms with Gasteiger partial charge in [-0.15, -0.1) is 0 Å². The molecular weight excluding hydrogens is 535 g/mol. The fourth-order valence-electron chi connectivity index (χ4n) is 3.50. The van der Waals surface area contributed by atoms with E-state index < -0.39 is 33.1 Å². The summed E-state index contributed by atoms with van der Waals surface area (Å²) < 4.78 is 30.6. The van der Waals surface area contributed by atoms with E-state index in [0.717, 1.165) is 5.56 Å². The number of Topliss-reactive ketones (excluding diaryl/α,β-unsaturated/α-hetero) is 1. The molecule has 0 fully saturated rings. The lowest BCUT2D eigenvalue weighted by Crippen LogP contribution is -2.13. The second-order valence-electron chi connectivity index (χ2n) is 9.03. The number of hydrogen-bond donors (Lipinski definition) is 2. The van der Waals surface area contributed by atoms with Crippen LogP contribution in [0.25, 0.3) is 0 Å². The third-order valence-corrected chi connectivity index (χ3v) is 7.20. The van der Waals surface area contributed by atoms with Gasteiger partial charge < -0.3 is 11.1 Å². The summed E-state index contributed by atoms with van der Waals surface area (Å²) in [7, 11) is -2.88. The Morgan fingerprint density at radius 2 is 1.88 bits per heavy atom. The van der Waals surface area contributed by atoms with Crippen molar-refractivity contribution in [2.75, 3.05) is 23.1 Å². The van der Waals surface area contributed by atoms with Crippen LogP contribution in [0.15, 0.2) is 59.1 Å². The highest BCUT2D eigenvalue weighted by molar-refractivity contribution is 7.93. The summed E-state index contributed by atoms with van der Waals surface area (Å²) >= 11 is 0. The number of aryl methyl sites for hydroxylation is 1. The summed E-state index contributed by atoms with van der Waals surface area (Å²) in [6.45, 7) is 1.78. The predicted molar refractivity (Wildman–Crippen MR) is 151 cm³/mol. The van der Waals surface area contributed by atoms with Gasteiger partial charge in [0.15, 0.2) is 12.1 Å². The zero-order valence-electron chi connectivity index (χ0n) is 21.9. The first-order chi connectivity index (χ1) is 19.0. The number of hydrogen-bond acceptors (Lipinski definition) is 7. The number of halogens is 1. The fourth-order valence-corrected chi connectivity index (χ4v) is 4.79. The van der Waals surface area contributed by atoms with Crippen molar-refractivity contribution in [2.24, 2.45) is 4.36 Å². The molecule has 0 aliphatic heterocycles. The lowest BCUT2D eigenvalue weighted by atomic mass is 10.1. The molecule has 0 radical (unpaired) electrons. The minimum Gasteiger partial charge on any atom is -0.383 e. The number of carbonyl (C=O) groups is 4. The Balaban J connectivity index is 1.75. The van der Waals surface area contributed by atoms with Crippen LogP contribution < -0.4 is 11.1 Å². The van der Waals surface area contributed by atoms with E-state index in [0.29, 0.717) is 18.4 Å². The van der Waals surface area contributed by atoms with Gasteiger partial charge in [-0.25, -0.2) is 13.6 Å². The van der Waals surface area contributed by atoms with Gasteiger partial charge in [0.25, 0.3) is 11.8 Å². The van der Waals surface area contributed by atoms with Crippen LogP contribution in [0, 0.1) is 24.6 Å². The maximum Gasteiger partial charge on any atom is 0.286 e. The second kappa shape index (κ2) is 13.4. The van der Waals surface area contributed by atoms with Crippen molar-refractivity contribution in [1.29, 1.82) is 0 Å². The number of aromatic nitrogens is 1. The Morgan fingerprint density at radius 3 is 2.62 bits per heavy atom. The normalized spacial score (nSPS) is 11.9. The first-order valence-electron chi connectivity index (χ1n) is 12.1. The minimum absolute atomic E-state index is 0.0394. The number of nitrogens with one attached hydrogen (secondary N) is 1. The molecule has 2 aromatic carbocycles. The molecule has 3 N–H and O–H groups in total. The molecule has 1 unspecified atom stereocenters. The minimum atomic E-state index is -2.88. The molecule has 0 saturated carbocycles. The number of ketones is 1. The molecule has 0 aliphatic carbocycles. The maximum atomic E-state index is 14.0. The van der Waals surface area contributed by atoms with E-state index in [-0.39, 0.29) is 46.7 Å². The highest BCUT2D eigenvalue weighted by Crippen LogP contribution is 2.18. The van der Waals surface area contributed by atoms with E-state index in [2.05, 4.69) is 26.5 Å². The van der Waals surface area contributed by atoms with Gasteiger partial charge in [-0.1, -0.05) is 24.0 Å². The maximum absolute atomic E-state index is 14.0. The van der Waals surface area contributed by atoms with Gasteiger partial charge in [0.05, 0.1) is 26.5 Å². The topological polar surface area (TPSA) is 149 Å². The summed E-state index contributed by atoms with van der Waals surface area (Å²) in [4.78, 5) is 50.7. The number of nitrogens with zero attached hydrogens (tertiary/aromatic N) is 2. The van der Waals surface area contributed by atoms with Gasteiger partial charge in [0.1, 0.15) is 11.6 Å². The van der Waals surface area contributed by atoms with Gasteiger partial charge in [-0.2, -0.15) is 4.36 Å². The van der Waals surface area contributed by atoms with Gasteiger partial charge in [0.2, 0.25) is 0 Å². The van der Waals surface area contributed by atoms with Crippen molar-refractivity contribution in [3.05, 3.63) is 88.4 Å². The number of benzene rings is 2. The molecule has 0 spiro atoms. The molecule has 0 bridgehead atoms. The van der Waals surface area contributed by atoms with Crippen molar-refractivity contribution in [3.8, 4) is 11.8 Å². The number of nitrogen functional groups attached to an aromatic ring is 1. The fraction of sp³-hybridized carbons (Fsp3) is 0.207. The standard InChI is InChI=1S/C29H27FN4O5S/c1-19-9-12-25(30)26(14-19)33-28(37)22-7-5-6-20(15-22)10-11-21-16-23(17-32-27(21)31)29(38)34-40(2,39)13-4-3-8-24(36)18-35/h5-7,9,12,14-18H,3-4,8,13H2,1-2H3,(H2,31,32)(H,33,37). The molecule has 40 heavy (non-hydrogen) atoms. The molecule has 1 aromatic heterocycles. The smallest absolute Gasteiger partial charge is 0.286 e. The van der Waals surface area contributed by atoms with E-state index in [4.69, 9.17) is 5.73 Å². The van der Waals surface area contributed by atoms with Crippen molar-refractivity contribution in [2.45, 2.75) is 26.2 Å². The molecule has 0 aliphatic rings. The predicted octanol–water partition coefficient (Wildman–Crippen LogP) is 3.94. The molecule has 1 heterocycles. The largest absolute Gasteiger partial charge is 0.383 e. The lowest BCUT2D eigenvalue weighted by Gasteiger charge is -2.07. The molecule has 0 saturated heterocycles. The Kier molecular flexibility index (Phi) is 10.00. The van der Waals surface area contributed by atoms with Crippen LogP contribution >= 0.6 is 0 Å². The third kappa shape index (κ3) is 8.68. The summed E-state index contributed by atoms with van der Waals surface area (Å²) in [5, 5.41) is 2.55. The van der Waals surface area contributed by atoms with Crippen molar-refractivity contribution in [3.63, 3.8) is 0 Å².